The second-order valence-corrected chi connectivity index (χ2v) is 6.72. The van der Waals surface area contributed by atoms with Crippen LogP contribution in [0.15, 0.2) is 48.5 Å². The second-order valence-electron chi connectivity index (χ2n) is 6.31. The standard InChI is InChI=1S/C20H20ClNO4/c1-26-15-6-4-5-13(11-15)20(25)22-14(12-19(23)24)9-10-18(22)16-7-2-3-8-17(16)21/h2-8,11,14,18H,9-10,12H2,1H3,(H,23,24). The minimum Gasteiger partial charge on any atom is -0.497 e. The van der Waals surface area contributed by atoms with Gasteiger partial charge in [-0.05, 0) is 42.7 Å². The summed E-state index contributed by atoms with van der Waals surface area (Å²) in [5, 5.41) is 9.83. The summed E-state index contributed by atoms with van der Waals surface area (Å²) in [5.74, 6) is -0.546. The number of halogens is 1. The third-order valence-electron chi connectivity index (χ3n) is 4.73. The number of ether oxygens (including phenoxy) is 1. The van der Waals surface area contributed by atoms with Crippen LogP contribution in [0.1, 0.15) is 41.2 Å². The number of hydrogen-bond donors (Lipinski definition) is 1. The summed E-state index contributed by atoms with van der Waals surface area (Å²) >= 11 is 6.35. The Hall–Kier alpha value is -2.53. The number of amides is 1. The van der Waals surface area contributed by atoms with Crippen LogP contribution in [0.2, 0.25) is 5.02 Å². The van der Waals surface area contributed by atoms with Crippen molar-refractivity contribution in [3.8, 4) is 5.75 Å². The van der Waals surface area contributed by atoms with Crippen molar-refractivity contribution in [1.29, 1.82) is 0 Å². The molecule has 0 bridgehead atoms. The van der Waals surface area contributed by atoms with Crippen LogP contribution in [0.3, 0.4) is 0 Å². The average Bonchev–Trinajstić information content (AvgIpc) is 3.04. The monoisotopic (exact) mass is 373 g/mol. The molecule has 1 N–H and O–H groups in total. The van der Waals surface area contributed by atoms with Crippen LogP contribution >= 0.6 is 11.6 Å². The normalized spacial score (nSPS) is 19.4. The fraction of sp³-hybridized carbons (Fsp3) is 0.300. The molecule has 0 aromatic heterocycles. The highest BCUT2D eigenvalue weighted by Crippen LogP contribution is 2.41. The van der Waals surface area contributed by atoms with Crippen LogP contribution < -0.4 is 4.74 Å². The van der Waals surface area contributed by atoms with E-state index in [4.69, 9.17) is 16.3 Å². The number of benzene rings is 2. The molecule has 2 atom stereocenters. The summed E-state index contributed by atoms with van der Waals surface area (Å²) in [6.07, 6.45) is 1.21. The van der Waals surface area contributed by atoms with Gasteiger partial charge in [-0.3, -0.25) is 9.59 Å². The molecule has 1 heterocycles. The SMILES string of the molecule is COc1cccc(C(=O)N2C(CC(=O)O)CCC2c2ccccc2Cl)c1. The number of carboxylic acid groups (broad SMARTS) is 1. The first-order chi connectivity index (χ1) is 12.5. The molecule has 1 fully saturated rings. The Balaban J connectivity index is 1.99. The Kier molecular flexibility index (Phi) is 5.47. The number of likely N-dealkylation sites (tertiary alicyclic amines) is 1. The largest absolute Gasteiger partial charge is 0.497 e. The van der Waals surface area contributed by atoms with Gasteiger partial charge in [-0.25, -0.2) is 0 Å². The predicted molar refractivity (Wildman–Crippen MR) is 98.6 cm³/mol. The molecule has 3 rings (SSSR count). The predicted octanol–water partition coefficient (Wildman–Crippen LogP) is 4.17. The molecule has 2 aromatic rings. The molecule has 5 nitrogen and oxygen atoms in total. The van der Waals surface area contributed by atoms with Crippen molar-refractivity contribution in [2.75, 3.05) is 7.11 Å². The minimum atomic E-state index is -0.918. The highest BCUT2D eigenvalue weighted by molar-refractivity contribution is 6.31. The van der Waals surface area contributed by atoms with Gasteiger partial charge in [0.15, 0.2) is 0 Å². The van der Waals surface area contributed by atoms with Crippen molar-refractivity contribution in [2.24, 2.45) is 0 Å². The van der Waals surface area contributed by atoms with Gasteiger partial charge in [0.25, 0.3) is 5.91 Å². The molecule has 26 heavy (non-hydrogen) atoms. The lowest BCUT2D eigenvalue weighted by atomic mass is 10.0. The van der Waals surface area contributed by atoms with E-state index in [9.17, 15) is 14.7 Å². The van der Waals surface area contributed by atoms with Crippen LogP contribution in [0.5, 0.6) is 5.75 Å². The van der Waals surface area contributed by atoms with Gasteiger partial charge in [-0.15, -0.1) is 0 Å². The Morgan fingerprint density at radius 2 is 1.96 bits per heavy atom. The van der Waals surface area contributed by atoms with Gasteiger partial charge in [0, 0.05) is 16.6 Å². The molecule has 1 aliphatic heterocycles. The summed E-state index contributed by atoms with van der Waals surface area (Å²) < 4.78 is 5.20. The molecule has 0 aliphatic carbocycles. The third kappa shape index (κ3) is 3.68. The van der Waals surface area contributed by atoms with Gasteiger partial charge >= 0.3 is 5.97 Å². The molecule has 0 spiro atoms. The van der Waals surface area contributed by atoms with Crippen LogP contribution in [0, 0.1) is 0 Å². The lowest BCUT2D eigenvalue weighted by Crippen LogP contribution is -2.38. The van der Waals surface area contributed by atoms with Crippen LogP contribution in [0.4, 0.5) is 0 Å². The Labute approximate surface area is 157 Å². The zero-order valence-electron chi connectivity index (χ0n) is 14.4. The Morgan fingerprint density at radius 1 is 1.19 bits per heavy atom. The van der Waals surface area contributed by atoms with Crippen LogP contribution in [-0.2, 0) is 4.79 Å². The smallest absolute Gasteiger partial charge is 0.305 e. The fourth-order valence-electron chi connectivity index (χ4n) is 3.55. The molecule has 1 saturated heterocycles. The number of carbonyl (C=O) groups is 2. The first-order valence-electron chi connectivity index (χ1n) is 8.44. The molecule has 136 valence electrons. The molecule has 2 unspecified atom stereocenters. The maximum atomic E-state index is 13.2. The Bertz CT molecular complexity index is 823. The molecule has 0 saturated carbocycles. The van der Waals surface area contributed by atoms with Crippen molar-refractivity contribution >= 4 is 23.5 Å². The zero-order valence-corrected chi connectivity index (χ0v) is 15.1. The van der Waals surface area contributed by atoms with Gasteiger partial charge in [0.05, 0.1) is 19.6 Å². The van der Waals surface area contributed by atoms with E-state index in [-0.39, 0.29) is 24.4 Å². The van der Waals surface area contributed by atoms with Crippen molar-refractivity contribution in [3.63, 3.8) is 0 Å². The molecule has 6 heteroatoms. The van der Waals surface area contributed by atoms with E-state index in [1.54, 1.807) is 42.3 Å². The van der Waals surface area contributed by atoms with Gasteiger partial charge in [0.1, 0.15) is 5.75 Å². The van der Waals surface area contributed by atoms with Gasteiger partial charge in [-0.1, -0.05) is 35.9 Å². The van der Waals surface area contributed by atoms with Crippen molar-refractivity contribution in [1.82, 2.24) is 4.90 Å². The topological polar surface area (TPSA) is 66.8 Å². The highest BCUT2D eigenvalue weighted by Gasteiger charge is 2.39. The number of nitrogens with zero attached hydrogens (tertiary/aromatic N) is 1. The molecule has 1 aliphatic rings. The van der Waals surface area contributed by atoms with Gasteiger partial charge in [-0.2, -0.15) is 0 Å². The summed E-state index contributed by atoms with van der Waals surface area (Å²) in [5.41, 5.74) is 1.32. The highest BCUT2D eigenvalue weighted by atomic mass is 35.5. The molecular formula is C20H20ClNO4. The maximum absolute atomic E-state index is 13.2. The number of hydrogen-bond acceptors (Lipinski definition) is 3. The van der Waals surface area contributed by atoms with E-state index in [1.807, 2.05) is 18.2 Å². The van der Waals surface area contributed by atoms with E-state index < -0.39 is 5.97 Å². The quantitative estimate of drug-likeness (QED) is 0.854. The van der Waals surface area contributed by atoms with E-state index >= 15 is 0 Å². The number of methoxy groups -OCH3 is 1. The number of carboxylic acids is 1. The van der Waals surface area contributed by atoms with Crippen molar-refractivity contribution in [3.05, 3.63) is 64.7 Å². The lowest BCUT2D eigenvalue weighted by molar-refractivity contribution is -0.138. The maximum Gasteiger partial charge on any atom is 0.305 e. The molecular weight excluding hydrogens is 354 g/mol. The summed E-state index contributed by atoms with van der Waals surface area (Å²) in [7, 11) is 1.54. The number of rotatable bonds is 5. The summed E-state index contributed by atoms with van der Waals surface area (Å²) in [4.78, 5) is 26.2. The number of aliphatic carboxylic acids is 1. The van der Waals surface area contributed by atoms with Crippen LogP contribution in [0.25, 0.3) is 0 Å². The van der Waals surface area contributed by atoms with Crippen molar-refractivity contribution < 1.29 is 19.4 Å². The van der Waals surface area contributed by atoms with Gasteiger partial charge in [0.2, 0.25) is 0 Å². The van der Waals surface area contributed by atoms with E-state index in [0.29, 0.717) is 29.2 Å². The van der Waals surface area contributed by atoms with E-state index in [2.05, 4.69) is 0 Å². The van der Waals surface area contributed by atoms with Crippen LogP contribution in [-0.4, -0.2) is 35.0 Å². The molecule has 1 amide bonds. The summed E-state index contributed by atoms with van der Waals surface area (Å²) in [6.45, 7) is 0. The minimum absolute atomic E-state index is 0.0866. The third-order valence-corrected chi connectivity index (χ3v) is 5.07. The zero-order chi connectivity index (χ0) is 18.7. The molecule has 0 radical (unpaired) electrons. The van der Waals surface area contributed by atoms with E-state index in [0.717, 1.165) is 5.56 Å². The second kappa shape index (κ2) is 7.79. The van der Waals surface area contributed by atoms with E-state index in [1.165, 1.54) is 0 Å². The van der Waals surface area contributed by atoms with Gasteiger partial charge < -0.3 is 14.7 Å². The first-order valence-corrected chi connectivity index (χ1v) is 8.82. The summed E-state index contributed by atoms with van der Waals surface area (Å²) in [6, 6.07) is 13.7. The average molecular weight is 374 g/mol. The lowest BCUT2D eigenvalue weighted by Gasteiger charge is -2.31. The fourth-order valence-corrected chi connectivity index (χ4v) is 3.81. The number of carbonyl (C=O) groups excluding carboxylic acids is 1. The first kappa shape index (κ1) is 18.3. The van der Waals surface area contributed by atoms with Crippen molar-refractivity contribution in [2.45, 2.75) is 31.3 Å². The Morgan fingerprint density at radius 3 is 2.65 bits per heavy atom. The molecule has 2 aromatic carbocycles.